The Kier molecular flexibility index (Phi) is 3.09. The largest absolute Gasteiger partial charge is 0.477 e. The maximum absolute atomic E-state index is 10.2. The Morgan fingerprint density at radius 3 is 2.11 bits per heavy atom. The van der Waals surface area contributed by atoms with Gasteiger partial charge in [0.15, 0.2) is 0 Å². The molecule has 0 spiro atoms. The van der Waals surface area contributed by atoms with Gasteiger partial charge in [0.25, 0.3) is 0 Å². The average molecular weight is 150 g/mol. The first-order valence-corrected chi connectivity index (χ1v) is 2.74. The summed E-state index contributed by atoms with van der Waals surface area (Å²) in [6.45, 7) is 1.52. The van der Waals surface area contributed by atoms with Crippen molar-refractivity contribution in [1.29, 1.82) is 0 Å². The minimum atomic E-state index is -1.04. The number of likely N-dealkylation sites (N-methyl/N-ethyl adjacent to an activating group) is 1. The van der Waals surface area contributed by atoms with Crippen molar-refractivity contribution >= 4 is 17.6 Å². The van der Waals surface area contributed by atoms with Gasteiger partial charge in [-0.1, -0.05) is 11.6 Å². The monoisotopic (exact) mass is 149 g/mol. The highest BCUT2D eigenvalue weighted by molar-refractivity contribution is 6.31. The highest BCUT2D eigenvalue weighted by Crippen LogP contribution is 2.03. The number of carbonyl (C=O) groups is 1. The van der Waals surface area contributed by atoms with Crippen molar-refractivity contribution in [2.75, 3.05) is 7.05 Å². The smallest absolute Gasteiger partial charge is 0.353 e. The number of hydrogen-bond donors (Lipinski definition) is 2. The fourth-order valence-corrected chi connectivity index (χ4v) is 0.602. The van der Waals surface area contributed by atoms with Gasteiger partial charge >= 0.3 is 5.97 Å². The molecule has 52 valence electrons. The lowest BCUT2D eigenvalue weighted by atomic mass is 10.4. The molecule has 0 aliphatic rings. The van der Waals surface area contributed by atoms with E-state index in [4.69, 9.17) is 16.7 Å². The van der Waals surface area contributed by atoms with E-state index in [2.05, 4.69) is 5.32 Å². The van der Waals surface area contributed by atoms with Gasteiger partial charge < -0.3 is 10.4 Å². The topological polar surface area (TPSA) is 49.3 Å². The van der Waals surface area contributed by atoms with Crippen molar-refractivity contribution in [3.05, 3.63) is 10.7 Å². The standard InChI is InChI=1S/C5H8ClNO2/c1-3(6)4(7-2)5(8)9/h7H,1-2H3,(H,8,9)/b4-3+. The molecule has 0 saturated heterocycles. The molecule has 0 atom stereocenters. The normalized spacial score (nSPS) is 12.3. The van der Waals surface area contributed by atoms with Crippen LogP contribution in [0.4, 0.5) is 0 Å². The van der Waals surface area contributed by atoms with E-state index in [-0.39, 0.29) is 10.7 Å². The van der Waals surface area contributed by atoms with Crippen molar-refractivity contribution in [2.45, 2.75) is 6.92 Å². The zero-order valence-corrected chi connectivity index (χ0v) is 5.99. The summed E-state index contributed by atoms with van der Waals surface area (Å²) in [5.74, 6) is -1.04. The maximum atomic E-state index is 10.2. The highest BCUT2D eigenvalue weighted by atomic mass is 35.5. The lowest BCUT2D eigenvalue weighted by molar-refractivity contribution is -0.133. The minimum absolute atomic E-state index is 0.0386. The van der Waals surface area contributed by atoms with Gasteiger partial charge in [-0.2, -0.15) is 0 Å². The second-order valence-electron chi connectivity index (χ2n) is 1.46. The van der Waals surface area contributed by atoms with Gasteiger partial charge in [-0.05, 0) is 6.92 Å². The molecule has 0 aromatic rings. The third kappa shape index (κ3) is 2.37. The van der Waals surface area contributed by atoms with E-state index in [1.807, 2.05) is 0 Å². The second kappa shape index (κ2) is 3.35. The Hall–Kier alpha value is -0.700. The van der Waals surface area contributed by atoms with Crippen LogP contribution in [0, 0.1) is 0 Å². The Morgan fingerprint density at radius 1 is 1.67 bits per heavy atom. The Bertz CT molecular complexity index is 149. The first-order valence-electron chi connectivity index (χ1n) is 2.37. The van der Waals surface area contributed by atoms with E-state index in [9.17, 15) is 4.79 Å². The van der Waals surface area contributed by atoms with Gasteiger partial charge in [-0.25, -0.2) is 4.79 Å². The van der Waals surface area contributed by atoms with Crippen LogP contribution in [0.1, 0.15) is 6.92 Å². The minimum Gasteiger partial charge on any atom is -0.477 e. The molecule has 0 bridgehead atoms. The molecule has 0 saturated carbocycles. The van der Waals surface area contributed by atoms with Gasteiger partial charge in [0.1, 0.15) is 5.70 Å². The highest BCUT2D eigenvalue weighted by Gasteiger charge is 2.05. The second-order valence-corrected chi connectivity index (χ2v) is 2.03. The van der Waals surface area contributed by atoms with E-state index in [0.717, 1.165) is 0 Å². The lowest BCUT2D eigenvalue weighted by Gasteiger charge is -1.99. The van der Waals surface area contributed by atoms with Crippen molar-refractivity contribution in [1.82, 2.24) is 5.32 Å². The zero-order valence-electron chi connectivity index (χ0n) is 5.23. The maximum Gasteiger partial charge on any atom is 0.353 e. The van der Waals surface area contributed by atoms with Gasteiger partial charge in [0.05, 0.1) is 0 Å². The predicted molar refractivity (Wildman–Crippen MR) is 35.2 cm³/mol. The average Bonchev–Trinajstić information content (AvgIpc) is 1.64. The van der Waals surface area contributed by atoms with Gasteiger partial charge in [0, 0.05) is 12.1 Å². The van der Waals surface area contributed by atoms with Gasteiger partial charge in [-0.3, -0.25) is 0 Å². The van der Waals surface area contributed by atoms with Crippen molar-refractivity contribution in [2.24, 2.45) is 0 Å². The molecule has 0 fully saturated rings. The third-order valence-corrected chi connectivity index (χ3v) is 0.997. The van der Waals surface area contributed by atoms with Crippen LogP contribution in [0.15, 0.2) is 10.7 Å². The fraction of sp³-hybridized carbons (Fsp3) is 0.400. The van der Waals surface area contributed by atoms with Crippen molar-refractivity contribution < 1.29 is 9.90 Å². The van der Waals surface area contributed by atoms with Crippen LogP contribution in [0.25, 0.3) is 0 Å². The zero-order chi connectivity index (χ0) is 7.44. The lowest BCUT2D eigenvalue weighted by Crippen LogP contribution is -2.16. The summed E-state index contributed by atoms with van der Waals surface area (Å²) in [7, 11) is 1.51. The number of rotatable bonds is 2. The number of aliphatic carboxylic acids is 1. The van der Waals surface area contributed by atoms with Crippen LogP contribution in [0.3, 0.4) is 0 Å². The van der Waals surface area contributed by atoms with Crippen molar-refractivity contribution in [3.63, 3.8) is 0 Å². The molecule has 0 radical (unpaired) electrons. The summed E-state index contributed by atoms with van der Waals surface area (Å²) in [4.78, 5) is 10.2. The van der Waals surface area contributed by atoms with Crippen LogP contribution < -0.4 is 5.32 Å². The Morgan fingerprint density at radius 2 is 2.11 bits per heavy atom. The number of nitrogens with one attached hydrogen (secondary N) is 1. The number of hydrogen-bond acceptors (Lipinski definition) is 2. The van der Waals surface area contributed by atoms with Crippen LogP contribution in [-0.2, 0) is 4.79 Å². The van der Waals surface area contributed by atoms with Crippen molar-refractivity contribution in [3.8, 4) is 0 Å². The number of carboxylic acid groups (broad SMARTS) is 1. The molecule has 4 heteroatoms. The van der Waals surface area contributed by atoms with Gasteiger partial charge in [0.2, 0.25) is 0 Å². The molecule has 3 nitrogen and oxygen atoms in total. The molecule has 9 heavy (non-hydrogen) atoms. The van der Waals surface area contributed by atoms with E-state index in [0.29, 0.717) is 0 Å². The Labute approximate surface area is 58.3 Å². The summed E-state index contributed by atoms with van der Waals surface area (Å²) < 4.78 is 0. The van der Waals surface area contributed by atoms with E-state index in [1.165, 1.54) is 14.0 Å². The molecule has 0 amide bonds. The molecule has 0 rings (SSSR count). The summed E-state index contributed by atoms with van der Waals surface area (Å²) in [5.41, 5.74) is 0.0386. The summed E-state index contributed by atoms with van der Waals surface area (Å²) >= 11 is 5.38. The first kappa shape index (κ1) is 8.30. The van der Waals surface area contributed by atoms with Crippen LogP contribution >= 0.6 is 11.6 Å². The SMILES string of the molecule is CN/C(C(=O)O)=C(\C)Cl. The fourth-order valence-electron chi connectivity index (χ4n) is 0.427. The van der Waals surface area contributed by atoms with E-state index in [1.54, 1.807) is 0 Å². The van der Waals surface area contributed by atoms with Gasteiger partial charge in [-0.15, -0.1) is 0 Å². The molecule has 2 N–H and O–H groups in total. The van der Waals surface area contributed by atoms with E-state index >= 15 is 0 Å². The van der Waals surface area contributed by atoms with Crippen LogP contribution in [0.5, 0.6) is 0 Å². The molecular weight excluding hydrogens is 142 g/mol. The molecule has 0 aromatic heterocycles. The van der Waals surface area contributed by atoms with Crippen LogP contribution in [0.2, 0.25) is 0 Å². The molecule has 0 heterocycles. The summed E-state index contributed by atoms with van der Waals surface area (Å²) in [6, 6.07) is 0. The summed E-state index contributed by atoms with van der Waals surface area (Å²) in [5, 5.41) is 11.0. The number of allylic oxidation sites excluding steroid dienone is 1. The molecular formula is C5H8ClNO2. The quantitative estimate of drug-likeness (QED) is 0.570. The van der Waals surface area contributed by atoms with E-state index < -0.39 is 5.97 Å². The van der Waals surface area contributed by atoms with Crippen LogP contribution in [-0.4, -0.2) is 18.1 Å². The number of halogens is 1. The Balaban J connectivity index is 4.35. The predicted octanol–water partition coefficient (Wildman–Crippen LogP) is 0.761. The first-order chi connectivity index (χ1) is 4.09. The number of carboxylic acids is 1. The third-order valence-electron chi connectivity index (χ3n) is 0.808. The summed E-state index contributed by atoms with van der Waals surface area (Å²) in [6.07, 6.45) is 0. The molecule has 0 aliphatic heterocycles. The molecule has 0 aromatic carbocycles. The molecule has 0 unspecified atom stereocenters. The molecule has 0 aliphatic carbocycles.